The molecule has 128 valence electrons. The molecule has 1 saturated heterocycles. The zero-order valence-corrected chi connectivity index (χ0v) is 14.8. The number of aliphatic imine (C=N–C) groups is 1. The van der Waals surface area contributed by atoms with E-state index in [-0.39, 0.29) is 0 Å². The van der Waals surface area contributed by atoms with E-state index in [0.29, 0.717) is 12.6 Å². The van der Waals surface area contributed by atoms with Gasteiger partial charge in [-0.2, -0.15) is 0 Å². The summed E-state index contributed by atoms with van der Waals surface area (Å²) in [6.45, 7) is 5.16. The molecule has 5 nitrogen and oxygen atoms in total. The first-order valence-electron chi connectivity index (χ1n) is 8.48. The molecule has 1 aliphatic heterocycles. The summed E-state index contributed by atoms with van der Waals surface area (Å²) < 4.78 is 5.64. The summed E-state index contributed by atoms with van der Waals surface area (Å²) in [6, 6.07) is 10.3. The van der Waals surface area contributed by atoms with Gasteiger partial charge in [0, 0.05) is 30.6 Å². The van der Waals surface area contributed by atoms with E-state index in [0.717, 1.165) is 54.8 Å². The van der Waals surface area contributed by atoms with Gasteiger partial charge in [-0.05, 0) is 19.8 Å². The summed E-state index contributed by atoms with van der Waals surface area (Å²) >= 11 is 1.66. The molecule has 0 aliphatic carbocycles. The van der Waals surface area contributed by atoms with Crippen molar-refractivity contribution in [2.45, 2.75) is 32.4 Å². The van der Waals surface area contributed by atoms with Crippen LogP contribution in [0.5, 0.6) is 0 Å². The second-order valence-electron chi connectivity index (χ2n) is 5.72. The van der Waals surface area contributed by atoms with E-state index in [9.17, 15) is 0 Å². The molecule has 1 fully saturated rings. The van der Waals surface area contributed by atoms with Gasteiger partial charge in [-0.1, -0.05) is 30.3 Å². The Balaban J connectivity index is 1.58. The highest BCUT2D eigenvalue weighted by atomic mass is 32.1. The average molecular weight is 344 g/mol. The second kappa shape index (κ2) is 8.80. The number of hydrogen-bond acceptors (Lipinski definition) is 4. The molecule has 6 heteroatoms. The lowest BCUT2D eigenvalue weighted by molar-refractivity contribution is 0.114. The number of thiazole rings is 1. The molecule has 0 spiro atoms. The van der Waals surface area contributed by atoms with Crippen LogP contribution in [0.15, 0.2) is 40.7 Å². The quantitative estimate of drug-likeness (QED) is 0.625. The van der Waals surface area contributed by atoms with Crippen molar-refractivity contribution in [3.05, 3.63) is 41.4 Å². The smallest absolute Gasteiger partial charge is 0.191 e. The number of rotatable bonds is 6. The van der Waals surface area contributed by atoms with Crippen molar-refractivity contribution in [2.24, 2.45) is 4.99 Å². The highest BCUT2D eigenvalue weighted by molar-refractivity contribution is 7.13. The van der Waals surface area contributed by atoms with Crippen molar-refractivity contribution in [3.8, 4) is 10.6 Å². The fraction of sp³-hybridized carbons (Fsp3) is 0.444. The maximum Gasteiger partial charge on any atom is 0.191 e. The molecule has 1 aromatic heterocycles. The summed E-state index contributed by atoms with van der Waals surface area (Å²) in [5, 5.41) is 9.75. The van der Waals surface area contributed by atoms with Gasteiger partial charge in [0.15, 0.2) is 5.96 Å². The predicted molar refractivity (Wildman–Crippen MR) is 99.3 cm³/mol. The SMILES string of the molecule is CCNC(=NCc1csc(-c2ccccc2)n1)NCC1CCCO1. The zero-order valence-electron chi connectivity index (χ0n) is 14.0. The highest BCUT2D eigenvalue weighted by Gasteiger charge is 2.15. The summed E-state index contributed by atoms with van der Waals surface area (Å²) in [6.07, 6.45) is 2.58. The van der Waals surface area contributed by atoms with Crippen LogP contribution in [-0.4, -0.2) is 36.7 Å². The Kier molecular flexibility index (Phi) is 6.20. The highest BCUT2D eigenvalue weighted by Crippen LogP contribution is 2.23. The van der Waals surface area contributed by atoms with Gasteiger partial charge in [0.2, 0.25) is 0 Å². The lowest BCUT2D eigenvalue weighted by Gasteiger charge is -2.14. The van der Waals surface area contributed by atoms with E-state index in [4.69, 9.17) is 4.74 Å². The third-order valence-corrected chi connectivity index (χ3v) is 4.78. The topological polar surface area (TPSA) is 58.5 Å². The number of aromatic nitrogens is 1. The number of nitrogens with zero attached hydrogens (tertiary/aromatic N) is 2. The molecule has 0 radical (unpaired) electrons. The maximum absolute atomic E-state index is 5.64. The van der Waals surface area contributed by atoms with Crippen molar-refractivity contribution in [1.29, 1.82) is 0 Å². The number of ether oxygens (including phenoxy) is 1. The van der Waals surface area contributed by atoms with Gasteiger partial charge >= 0.3 is 0 Å². The molecule has 1 unspecified atom stereocenters. The van der Waals surface area contributed by atoms with Crippen LogP contribution in [-0.2, 0) is 11.3 Å². The van der Waals surface area contributed by atoms with Crippen LogP contribution in [0.25, 0.3) is 10.6 Å². The predicted octanol–water partition coefficient (Wildman–Crippen LogP) is 3.04. The minimum Gasteiger partial charge on any atom is -0.376 e. The number of benzene rings is 1. The van der Waals surface area contributed by atoms with Crippen LogP contribution in [0.4, 0.5) is 0 Å². The van der Waals surface area contributed by atoms with E-state index in [1.807, 2.05) is 18.2 Å². The van der Waals surface area contributed by atoms with E-state index in [1.54, 1.807) is 11.3 Å². The maximum atomic E-state index is 5.64. The lowest BCUT2D eigenvalue weighted by atomic mass is 10.2. The Morgan fingerprint density at radius 2 is 2.21 bits per heavy atom. The molecule has 2 aromatic rings. The summed E-state index contributed by atoms with van der Waals surface area (Å²) in [5.74, 6) is 0.822. The lowest BCUT2D eigenvalue weighted by Crippen LogP contribution is -2.41. The Morgan fingerprint density at radius 1 is 1.33 bits per heavy atom. The molecular formula is C18H24N4OS. The second-order valence-corrected chi connectivity index (χ2v) is 6.58. The van der Waals surface area contributed by atoms with Crippen LogP contribution in [0, 0.1) is 0 Å². The Hall–Kier alpha value is -1.92. The van der Waals surface area contributed by atoms with Gasteiger partial charge < -0.3 is 15.4 Å². The van der Waals surface area contributed by atoms with Crippen LogP contribution < -0.4 is 10.6 Å². The summed E-state index contributed by atoms with van der Waals surface area (Å²) in [5.41, 5.74) is 2.15. The minimum atomic E-state index is 0.304. The number of guanidine groups is 1. The van der Waals surface area contributed by atoms with E-state index in [1.165, 1.54) is 0 Å². The molecule has 0 amide bonds. The molecular weight excluding hydrogens is 320 g/mol. The van der Waals surface area contributed by atoms with Crippen molar-refractivity contribution in [3.63, 3.8) is 0 Å². The molecule has 24 heavy (non-hydrogen) atoms. The standard InChI is InChI=1S/C18H24N4OS/c1-2-19-18(21-12-16-9-6-10-23-16)20-11-15-13-24-17(22-15)14-7-4-3-5-8-14/h3-5,7-8,13,16H,2,6,9-12H2,1H3,(H2,19,20,21). The van der Waals surface area contributed by atoms with E-state index >= 15 is 0 Å². The average Bonchev–Trinajstić information content (AvgIpc) is 3.30. The largest absolute Gasteiger partial charge is 0.376 e. The van der Waals surface area contributed by atoms with Gasteiger partial charge in [-0.15, -0.1) is 11.3 Å². The normalized spacial score (nSPS) is 17.9. The molecule has 1 atom stereocenters. The van der Waals surface area contributed by atoms with Gasteiger partial charge in [-0.3, -0.25) is 0 Å². The fourth-order valence-electron chi connectivity index (χ4n) is 2.61. The van der Waals surface area contributed by atoms with Crippen molar-refractivity contribution in [2.75, 3.05) is 19.7 Å². The van der Waals surface area contributed by atoms with Gasteiger partial charge in [0.05, 0.1) is 18.3 Å². The summed E-state index contributed by atoms with van der Waals surface area (Å²) in [4.78, 5) is 9.32. The molecule has 1 aliphatic rings. The van der Waals surface area contributed by atoms with E-state index < -0.39 is 0 Å². The molecule has 3 rings (SSSR count). The van der Waals surface area contributed by atoms with Crippen molar-refractivity contribution in [1.82, 2.24) is 15.6 Å². The van der Waals surface area contributed by atoms with Crippen molar-refractivity contribution < 1.29 is 4.74 Å². The molecule has 0 saturated carbocycles. The number of hydrogen-bond donors (Lipinski definition) is 2. The van der Waals surface area contributed by atoms with Crippen LogP contribution in [0.3, 0.4) is 0 Å². The Labute approximate surface area is 147 Å². The van der Waals surface area contributed by atoms with Gasteiger partial charge in [-0.25, -0.2) is 9.98 Å². The third kappa shape index (κ3) is 4.79. The van der Waals surface area contributed by atoms with Crippen LogP contribution in [0.1, 0.15) is 25.5 Å². The van der Waals surface area contributed by atoms with E-state index in [2.05, 4.69) is 45.0 Å². The first-order chi connectivity index (χ1) is 11.8. The monoisotopic (exact) mass is 344 g/mol. The Bertz CT molecular complexity index is 650. The summed E-state index contributed by atoms with van der Waals surface area (Å²) in [7, 11) is 0. The minimum absolute atomic E-state index is 0.304. The van der Waals surface area contributed by atoms with Crippen LogP contribution in [0.2, 0.25) is 0 Å². The molecule has 2 N–H and O–H groups in total. The third-order valence-electron chi connectivity index (χ3n) is 3.84. The van der Waals surface area contributed by atoms with Gasteiger partial charge in [0.1, 0.15) is 5.01 Å². The Morgan fingerprint density at radius 3 is 2.96 bits per heavy atom. The molecule has 1 aromatic carbocycles. The fourth-order valence-corrected chi connectivity index (χ4v) is 3.43. The van der Waals surface area contributed by atoms with Crippen molar-refractivity contribution >= 4 is 17.3 Å². The van der Waals surface area contributed by atoms with Crippen LogP contribution >= 0.6 is 11.3 Å². The first kappa shape index (κ1) is 16.9. The molecule has 0 bridgehead atoms. The first-order valence-corrected chi connectivity index (χ1v) is 9.36. The van der Waals surface area contributed by atoms with Gasteiger partial charge in [0.25, 0.3) is 0 Å². The number of nitrogens with one attached hydrogen (secondary N) is 2. The zero-order chi connectivity index (χ0) is 16.6. The molecule has 2 heterocycles.